The maximum absolute atomic E-state index is 12.0. The monoisotopic (exact) mass is 331 g/mol. The number of ether oxygens (including phenoxy) is 3. The van der Waals surface area contributed by atoms with Crippen molar-refractivity contribution in [3.8, 4) is 17.2 Å². The summed E-state index contributed by atoms with van der Waals surface area (Å²) in [6, 6.07) is 10.5. The van der Waals surface area contributed by atoms with Gasteiger partial charge in [-0.25, -0.2) is 0 Å². The molecule has 2 aromatic carbocycles. The van der Waals surface area contributed by atoms with Crippen LogP contribution in [0.25, 0.3) is 6.08 Å². The van der Waals surface area contributed by atoms with Gasteiger partial charge in [-0.05, 0) is 42.0 Å². The van der Waals surface area contributed by atoms with E-state index < -0.39 is 0 Å². The van der Waals surface area contributed by atoms with E-state index in [1.807, 2.05) is 12.1 Å². The first-order valence-corrected chi connectivity index (χ1v) is 7.26. The maximum Gasteiger partial charge on any atom is 0.248 e. The molecule has 1 aliphatic rings. The van der Waals surface area contributed by atoms with E-state index in [0.29, 0.717) is 28.0 Å². The molecule has 0 radical (unpaired) electrons. The zero-order valence-electron chi connectivity index (χ0n) is 12.3. The van der Waals surface area contributed by atoms with Gasteiger partial charge in [-0.1, -0.05) is 17.7 Å². The highest BCUT2D eigenvalue weighted by Crippen LogP contribution is 2.33. The second-order valence-electron chi connectivity index (χ2n) is 4.78. The SMILES string of the molecule is COc1ccc(Cl)cc1NC(=O)/C=C\c1ccc2c(c1)OCO2. The Kier molecular flexibility index (Phi) is 4.39. The molecule has 0 fully saturated rings. The van der Waals surface area contributed by atoms with Crippen molar-refractivity contribution in [1.29, 1.82) is 0 Å². The number of methoxy groups -OCH3 is 1. The first-order valence-electron chi connectivity index (χ1n) is 6.88. The van der Waals surface area contributed by atoms with E-state index in [1.165, 1.54) is 13.2 Å². The average molecular weight is 332 g/mol. The number of anilines is 1. The van der Waals surface area contributed by atoms with Crippen LogP contribution in [0.3, 0.4) is 0 Å². The topological polar surface area (TPSA) is 56.8 Å². The van der Waals surface area contributed by atoms with Gasteiger partial charge in [0.1, 0.15) is 5.75 Å². The lowest BCUT2D eigenvalue weighted by Gasteiger charge is -2.08. The second-order valence-corrected chi connectivity index (χ2v) is 5.22. The minimum absolute atomic E-state index is 0.220. The molecule has 1 heterocycles. The van der Waals surface area contributed by atoms with E-state index >= 15 is 0 Å². The van der Waals surface area contributed by atoms with Gasteiger partial charge >= 0.3 is 0 Å². The van der Waals surface area contributed by atoms with Crippen LogP contribution in [-0.2, 0) is 4.79 Å². The third kappa shape index (κ3) is 3.57. The molecule has 1 amide bonds. The standard InChI is InChI=1S/C17H14ClNO4/c1-21-14-6-4-12(18)9-13(14)19-17(20)7-3-11-2-5-15-16(8-11)23-10-22-15/h2-9H,10H2,1H3,(H,19,20)/b7-3-. The number of hydrogen-bond acceptors (Lipinski definition) is 4. The maximum atomic E-state index is 12.0. The number of fused-ring (bicyclic) bond motifs is 1. The van der Waals surface area contributed by atoms with Gasteiger partial charge in [0, 0.05) is 11.1 Å². The number of hydrogen-bond donors (Lipinski definition) is 1. The van der Waals surface area contributed by atoms with Crippen LogP contribution in [0, 0.1) is 0 Å². The van der Waals surface area contributed by atoms with Crippen molar-refractivity contribution < 1.29 is 19.0 Å². The van der Waals surface area contributed by atoms with Crippen LogP contribution in [0.15, 0.2) is 42.5 Å². The zero-order valence-corrected chi connectivity index (χ0v) is 13.1. The lowest BCUT2D eigenvalue weighted by molar-refractivity contribution is -0.111. The zero-order chi connectivity index (χ0) is 16.2. The minimum Gasteiger partial charge on any atom is -0.495 e. The van der Waals surface area contributed by atoms with Crippen molar-refractivity contribution in [3.05, 3.63) is 53.1 Å². The van der Waals surface area contributed by atoms with Gasteiger partial charge in [0.25, 0.3) is 0 Å². The van der Waals surface area contributed by atoms with Gasteiger partial charge in [0.05, 0.1) is 12.8 Å². The highest BCUT2D eigenvalue weighted by Gasteiger charge is 2.12. The van der Waals surface area contributed by atoms with Crippen molar-refractivity contribution in [2.24, 2.45) is 0 Å². The molecule has 0 saturated carbocycles. The Morgan fingerprint density at radius 2 is 2.04 bits per heavy atom. The fourth-order valence-electron chi connectivity index (χ4n) is 2.14. The Morgan fingerprint density at radius 3 is 2.87 bits per heavy atom. The molecule has 5 nitrogen and oxygen atoms in total. The third-order valence-electron chi connectivity index (χ3n) is 3.24. The molecule has 3 rings (SSSR count). The summed E-state index contributed by atoms with van der Waals surface area (Å²) >= 11 is 5.93. The Balaban J connectivity index is 1.71. The Morgan fingerprint density at radius 1 is 1.22 bits per heavy atom. The number of carbonyl (C=O) groups is 1. The molecule has 1 N–H and O–H groups in total. The van der Waals surface area contributed by atoms with Crippen LogP contribution in [0.4, 0.5) is 5.69 Å². The van der Waals surface area contributed by atoms with Crippen molar-refractivity contribution in [2.75, 3.05) is 19.2 Å². The van der Waals surface area contributed by atoms with Gasteiger partial charge in [0.2, 0.25) is 12.7 Å². The van der Waals surface area contributed by atoms with E-state index in [-0.39, 0.29) is 12.7 Å². The second kappa shape index (κ2) is 6.62. The highest BCUT2D eigenvalue weighted by molar-refractivity contribution is 6.31. The summed E-state index contributed by atoms with van der Waals surface area (Å²) in [6.45, 7) is 0.220. The third-order valence-corrected chi connectivity index (χ3v) is 3.48. The molecule has 0 atom stereocenters. The van der Waals surface area contributed by atoms with Crippen molar-refractivity contribution in [3.63, 3.8) is 0 Å². The normalized spacial score (nSPS) is 12.4. The molecular formula is C17H14ClNO4. The van der Waals surface area contributed by atoms with Crippen LogP contribution in [0.5, 0.6) is 17.2 Å². The van der Waals surface area contributed by atoms with Gasteiger partial charge in [-0.2, -0.15) is 0 Å². The summed E-state index contributed by atoms with van der Waals surface area (Å²) in [5.41, 5.74) is 1.35. The number of carbonyl (C=O) groups excluding carboxylic acids is 1. The first kappa shape index (κ1) is 15.2. The van der Waals surface area contributed by atoms with Crippen LogP contribution >= 0.6 is 11.6 Å². The van der Waals surface area contributed by atoms with Crippen LogP contribution in [0.1, 0.15) is 5.56 Å². The van der Waals surface area contributed by atoms with Gasteiger partial charge in [0.15, 0.2) is 11.5 Å². The van der Waals surface area contributed by atoms with Crippen LogP contribution in [-0.4, -0.2) is 19.8 Å². The quantitative estimate of drug-likeness (QED) is 0.867. The lowest BCUT2D eigenvalue weighted by Crippen LogP contribution is -2.08. The summed E-state index contributed by atoms with van der Waals surface area (Å²) in [5.74, 6) is 1.63. The number of benzene rings is 2. The Hall–Kier alpha value is -2.66. The Labute approximate surface area is 138 Å². The van der Waals surface area contributed by atoms with Crippen molar-refractivity contribution in [2.45, 2.75) is 0 Å². The molecule has 0 spiro atoms. The number of amides is 1. The molecular weight excluding hydrogens is 318 g/mol. The first-order chi connectivity index (χ1) is 11.2. The van der Waals surface area contributed by atoms with Gasteiger partial charge in [-0.3, -0.25) is 4.79 Å². The number of halogens is 1. The smallest absolute Gasteiger partial charge is 0.248 e. The number of rotatable bonds is 4. The minimum atomic E-state index is -0.289. The Bertz CT molecular complexity index is 773. The van der Waals surface area contributed by atoms with E-state index in [9.17, 15) is 4.79 Å². The molecule has 0 saturated heterocycles. The molecule has 23 heavy (non-hydrogen) atoms. The van der Waals surface area contributed by atoms with Crippen molar-refractivity contribution in [1.82, 2.24) is 0 Å². The summed E-state index contributed by atoms with van der Waals surface area (Å²) in [6.07, 6.45) is 3.12. The molecule has 2 aromatic rings. The molecule has 0 bridgehead atoms. The predicted octanol–water partition coefficient (Wildman–Crippen LogP) is 3.73. The van der Waals surface area contributed by atoms with Gasteiger partial charge < -0.3 is 19.5 Å². The lowest BCUT2D eigenvalue weighted by atomic mass is 10.2. The van der Waals surface area contributed by atoms with E-state index in [2.05, 4.69) is 5.32 Å². The summed E-state index contributed by atoms with van der Waals surface area (Å²) in [7, 11) is 1.53. The molecule has 0 unspecified atom stereocenters. The number of nitrogens with one attached hydrogen (secondary N) is 1. The fraction of sp³-hybridized carbons (Fsp3) is 0.118. The summed E-state index contributed by atoms with van der Waals surface area (Å²) in [5, 5.41) is 3.25. The van der Waals surface area contributed by atoms with Gasteiger partial charge in [-0.15, -0.1) is 0 Å². The van der Waals surface area contributed by atoms with Crippen LogP contribution in [0.2, 0.25) is 5.02 Å². The molecule has 6 heteroatoms. The van der Waals surface area contributed by atoms with E-state index in [0.717, 1.165) is 5.56 Å². The molecule has 0 aliphatic carbocycles. The largest absolute Gasteiger partial charge is 0.495 e. The average Bonchev–Trinajstić information content (AvgIpc) is 3.01. The highest BCUT2D eigenvalue weighted by atomic mass is 35.5. The molecule has 118 valence electrons. The summed E-state index contributed by atoms with van der Waals surface area (Å²) < 4.78 is 15.7. The predicted molar refractivity (Wildman–Crippen MR) is 88.2 cm³/mol. The van der Waals surface area contributed by atoms with E-state index in [1.54, 1.807) is 30.3 Å². The van der Waals surface area contributed by atoms with Crippen LogP contribution < -0.4 is 19.5 Å². The summed E-state index contributed by atoms with van der Waals surface area (Å²) in [4.78, 5) is 12.0. The van der Waals surface area contributed by atoms with E-state index in [4.69, 9.17) is 25.8 Å². The molecule has 1 aliphatic heterocycles. The van der Waals surface area contributed by atoms with Crippen molar-refractivity contribution >= 4 is 29.3 Å². The molecule has 0 aromatic heterocycles. The fourth-order valence-corrected chi connectivity index (χ4v) is 2.31.